The van der Waals surface area contributed by atoms with Gasteiger partial charge in [-0.15, -0.1) is 0 Å². The molecule has 0 aliphatic heterocycles. The van der Waals surface area contributed by atoms with E-state index in [-0.39, 0.29) is 22.5 Å². The Kier molecular flexibility index (Phi) is 5.85. The van der Waals surface area contributed by atoms with Gasteiger partial charge in [-0.25, -0.2) is 8.78 Å². The molecule has 8 heteroatoms. The van der Waals surface area contributed by atoms with Gasteiger partial charge in [-0.2, -0.15) is 0 Å². The molecule has 0 spiro atoms. The van der Waals surface area contributed by atoms with E-state index in [1.54, 1.807) is 55.7 Å². The number of aryl methyl sites for hydroxylation is 2. The Hall–Kier alpha value is -4.72. The van der Waals surface area contributed by atoms with Crippen LogP contribution < -0.4 is 15.6 Å². The molecule has 1 amide bonds. The van der Waals surface area contributed by atoms with Crippen LogP contribution in [-0.4, -0.2) is 15.5 Å². The molecule has 36 heavy (non-hydrogen) atoms. The summed E-state index contributed by atoms with van der Waals surface area (Å²) in [6.45, 7) is 1.95. The zero-order chi connectivity index (χ0) is 25.4. The predicted molar refractivity (Wildman–Crippen MR) is 135 cm³/mol. The Morgan fingerprint density at radius 1 is 0.944 bits per heavy atom. The average Bonchev–Trinajstić information content (AvgIpc) is 3.31. The third-order valence-electron chi connectivity index (χ3n) is 5.81. The number of benzene rings is 3. The number of ether oxygens (including phenoxy) is 1. The molecule has 2 N–H and O–H groups in total. The van der Waals surface area contributed by atoms with Crippen molar-refractivity contribution in [2.45, 2.75) is 6.92 Å². The predicted octanol–water partition coefficient (Wildman–Crippen LogP) is 6.16. The molecule has 6 nitrogen and oxygen atoms in total. The van der Waals surface area contributed by atoms with Crippen molar-refractivity contribution in [2.75, 3.05) is 5.32 Å². The highest BCUT2D eigenvalue weighted by molar-refractivity contribution is 6.08. The van der Waals surface area contributed by atoms with Crippen molar-refractivity contribution >= 4 is 22.5 Å². The van der Waals surface area contributed by atoms with Crippen molar-refractivity contribution in [2.24, 2.45) is 7.05 Å². The smallest absolute Gasteiger partial charge is 0.274 e. The van der Waals surface area contributed by atoms with Crippen LogP contribution in [0, 0.1) is 18.6 Å². The van der Waals surface area contributed by atoms with Crippen LogP contribution in [-0.2, 0) is 7.05 Å². The first-order valence-corrected chi connectivity index (χ1v) is 11.1. The number of nitrogens with zero attached hydrogens (tertiary/aromatic N) is 1. The van der Waals surface area contributed by atoms with Gasteiger partial charge in [-0.1, -0.05) is 35.9 Å². The Morgan fingerprint density at radius 2 is 1.69 bits per heavy atom. The lowest BCUT2D eigenvalue weighted by Crippen LogP contribution is -2.17. The Bertz CT molecular complexity index is 1670. The molecule has 5 rings (SSSR count). The quantitative estimate of drug-likeness (QED) is 0.313. The van der Waals surface area contributed by atoms with Crippen LogP contribution in [0.5, 0.6) is 11.5 Å². The maximum absolute atomic E-state index is 14.3. The number of rotatable bonds is 5. The minimum Gasteiger partial charge on any atom is -0.454 e. The summed E-state index contributed by atoms with van der Waals surface area (Å²) in [7, 11) is 1.60. The molecule has 180 valence electrons. The lowest BCUT2D eigenvalue weighted by Gasteiger charge is -2.13. The van der Waals surface area contributed by atoms with Crippen molar-refractivity contribution in [1.29, 1.82) is 0 Å². The summed E-state index contributed by atoms with van der Waals surface area (Å²) in [5.74, 6) is -1.79. The Labute approximate surface area is 204 Å². The SMILES string of the molecule is Cc1ccc(NC(=O)c2cc3c(-c4ccccc4Oc4ccc(F)cc4F)cn(C)c(=O)c3[nH]2)cc1. The standard InChI is InChI=1S/C28H21F2N3O3/c1-16-7-10-18(11-8-16)31-27(34)23-14-20-21(15-33(2)28(35)26(20)32-23)19-5-3-4-6-24(19)36-25-12-9-17(29)13-22(25)30/h3-15,32H,1-2H3,(H,31,34). The van der Waals surface area contributed by atoms with E-state index in [0.29, 0.717) is 28.0 Å². The second-order valence-electron chi connectivity index (χ2n) is 8.42. The summed E-state index contributed by atoms with van der Waals surface area (Å²) in [4.78, 5) is 28.8. The number of fused-ring (bicyclic) bond motifs is 1. The number of hydrogen-bond donors (Lipinski definition) is 2. The van der Waals surface area contributed by atoms with Crippen molar-refractivity contribution in [3.63, 3.8) is 0 Å². The van der Waals surface area contributed by atoms with Gasteiger partial charge in [0.2, 0.25) is 0 Å². The van der Waals surface area contributed by atoms with Gasteiger partial charge in [-0.3, -0.25) is 9.59 Å². The van der Waals surface area contributed by atoms with Gasteiger partial charge in [0.15, 0.2) is 11.6 Å². The fourth-order valence-corrected chi connectivity index (χ4v) is 3.96. The maximum Gasteiger partial charge on any atom is 0.274 e. The molecule has 2 aromatic heterocycles. The number of pyridine rings is 1. The molecule has 0 unspecified atom stereocenters. The summed E-state index contributed by atoms with van der Waals surface area (Å²) in [5.41, 5.74) is 2.98. The summed E-state index contributed by atoms with van der Waals surface area (Å²) in [5, 5.41) is 3.32. The van der Waals surface area contributed by atoms with Crippen molar-refractivity contribution in [3.8, 4) is 22.6 Å². The molecular formula is C28H21F2N3O3. The third-order valence-corrected chi connectivity index (χ3v) is 5.81. The van der Waals surface area contributed by atoms with Gasteiger partial charge < -0.3 is 19.6 Å². The molecule has 0 saturated carbocycles. The first-order chi connectivity index (χ1) is 17.3. The van der Waals surface area contributed by atoms with Crippen LogP contribution in [0.2, 0.25) is 0 Å². The number of aromatic amines is 1. The highest BCUT2D eigenvalue weighted by Crippen LogP contribution is 2.37. The van der Waals surface area contributed by atoms with Crippen LogP contribution >= 0.6 is 0 Å². The highest BCUT2D eigenvalue weighted by Gasteiger charge is 2.19. The fraction of sp³-hybridized carbons (Fsp3) is 0.0714. The summed E-state index contributed by atoms with van der Waals surface area (Å²) >= 11 is 0. The van der Waals surface area contributed by atoms with Gasteiger partial charge in [0, 0.05) is 41.5 Å². The van der Waals surface area contributed by atoms with E-state index in [0.717, 1.165) is 17.7 Å². The number of halogens is 2. The molecule has 0 aliphatic rings. The van der Waals surface area contributed by atoms with Crippen molar-refractivity contribution in [3.05, 3.63) is 112 Å². The molecule has 0 saturated heterocycles. The van der Waals surface area contributed by atoms with E-state index in [4.69, 9.17) is 4.74 Å². The van der Waals surface area contributed by atoms with E-state index in [9.17, 15) is 18.4 Å². The van der Waals surface area contributed by atoms with Crippen LogP contribution in [0.4, 0.5) is 14.5 Å². The van der Waals surface area contributed by atoms with Crippen LogP contribution in [0.3, 0.4) is 0 Å². The zero-order valence-electron chi connectivity index (χ0n) is 19.4. The van der Waals surface area contributed by atoms with Crippen molar-refractivity contribution < 1.29 is 18.3 Å². The van der Waals surface area contributed by atoms with Gasteiger partial charge in [-0.05, 0) is 43.3 Å². The second-order valence-corrected chi connectivity index (χ2v) is 8.42. The minimum absolute atomic E-state index is 0.142. The summed E-state index contributed by atoms with van der Waals surface area (Å²) < 4.78 is 34.8. The molecule has 5 aromatic rings. The molecule has 0 aliphatic carbocycles. The molecule has 3 aromatic carbocycles. The first kappa shape index (κ1) is 23.0. The maximum atomic E-state index is 14.3. The van der Waals surface area contributed by atoms with E-state index in [1.165, 1.54) is 10.6 Å². The van der Waals surface area contributed by atoms with Crippen molar-refractivity contribution in [1.82, 2.24) is 9.55 Å². The largest absolute Gasteiger partial charge is 0.454 e. The number of amides is 1. The fourth-order valence-electron chi connectivity index (χ4n) is 3.96. The summed E-state index contributed by atoms with van der Waals surface area (Å²) in [6, 6.07) is 18.9. The van der Waals surface area contributed by atoms with Gasteiger partial charge in [0.05, 0.1) is 0 Å². The number of anilines is 1. The second kappa shape index (κ2) is 9.14. The average molecular weight is 485 g/mol. The third kappa shape index (κ3) is 4.36. The molecule has 0 atom stereocenters. The number of aromatic nitrogens is 2. The van der Waals surface area contributed by atoms with Gasteiger partial charge in [0.25, 0.3) is 11.5 Å². The number of para-hydroxylation sites is 1. The number of hydrogen-bond acceptors (Lipinski definition) is 3. The molecule has 2 heterocycles. The van der Waals surface area contributed by atoms with E-state index < -0.39 is 17.5 Å². The molecule has 0 radical (unpaired) electrons. The monoisotopic (exact) mass is 485 g/mol. The molecule has 0 fully saturated rings. The topological polar surface area (TPSA) is 76.1 Å². The highest BCUT2D eigenvalue weighted by atomic mass is 19.1. The van der Waals surface area contributed by atoms with E-state index in [2.05, 4.69) is 10.3 Å². The van der Waals surface area contributed by atoms with Gasteiger partial charge >= 0.3 is 0 Å². The van der Waals surface area contributed by atoms with E-state index >= 15 is 0 Å². The molecular weight excluding hydrogens is 464 g/mol. The normalized spacial score (nSPS) is 11.0. The summed E-state index contributed by atoms with van der Waals surface area (Å²) in [6.07, 6.45) is 1.63. The molecule has 0 bridgehead atoms. The number of carbonyl (C=O) groups excluding carboxylic acids is 1. The Balaban J connectivity index is 1.58. The lowest BCUT2D eigenvalue weighted by atomic mass is 10.0. The number of H-pyrrole nitrogens is 1. The van der Waals surface area contributed by atoms with Crippen LogP contribution in [0.1, 0.15) is 16.1 Å². The number of nitrogens with one attached hydrogen (secondary N) is 2. The Morgan fingerprint density at radius 3 is 2.44 bits per heavy atom. The minimum atomic E-state index is -0.841. The van der Waals surface area contributed by atoms with E-state index in [1.807, 2.05) is 19.1 Å². The first-order valence-electron chi connectivity index (χ1n) is 11.1. The lowest BCUT2D eigenvalue weighted by molar-refractivity contribution is 0.102. The number of carbonyl (C=O) groups is 1. The zero-order valence-corrected chi connectivity index (χ0v) is 19.4. The van der Waals surface area contributed by atoms with Crippen LogP contribution in [0.25, 0.3) is 22.0 Å². The van der Waals surface area contributed by atoms with Crippen LogP contribution in [0.15, 0.2) is 83.8 Å². The van der Waals surface area contributed by atoms with Gasteiger partial charge in [0.1, 0.15) is 22.8 Å².